The number of aryl methyl sites for hydroxylation is 1. The van der Waals surface area contributed by atoms with Crippen molar-refractivity contribution in [1.29, 1.82) is 0 Å². The Hall–Kier alpha value is -2.04. The molecule has 2 amide bonds. The largest absolute Gasteiger partial charge is 0.480 e. The molecule has 5 heteroatoms. The Bertz CT molecular complexity index is 510. The van der Waals surface area contributed by atoms with Crippen molar-refractivity contribution >= 4 is 12.0 Å². The van der Waals surface area contributed by atoms with Crippen LogP contribution in [-0.2, 0) is 11.2 Å². The molecular formula is C15H20N2O3. The van der Waals surface area contributed by atoms with Crippen molar-refractivity contribution in [2.24, 2.45) is 0 Å². The Morgan fingerprint density at radius 1 is 1.35 bits per heavy atom. The lowest BCUT2D eigenvalue weighted by Crippen LogP contribution is -2.61. The first-order valence-corrected chi connectivity index (χ1v) is 6.87. The van der Waals surface area contributed by atoms with Crippen LogP contribution in [0.3, 0.4) is 0 Å². The Labute approximate surface area is 118 Å². The smallest absolute Gasteiger partial charge is 0.329 e. The van der Waals surface area contributed by atoms with E-state index in [4.69, 9.17) is 5.11 Å². The van der Waals surface area contributed by atoms with E-state index in [1.165, 1.54) is 5.56 Å². The van der Waals surface area contributed by atoms with E-state index in [2.05, 4.69) is 16.7 Å². The quantitative estimate of drug-likeness (QED) is 0.768. The van der Waals surface area contributed by atoms with Crippen LogP contribution >= 0.6 is 0 Å². The van der Waals surface area contributed by atoms with E-state index < -0.39 is 17.5 Å². The molecule has 1 aromatic carbocycles. The Morgan fingerprint density at radius 3 is 2.65 bits per heavy atom. The zero-order valence-electron chi connectivity index (χ0n) is 11.6. The average molecular weight is 276 g/mol. The lowest BCUT2D eigenvalue weighted by Gasteiger charge is -2.38. The molecule has 1 saturated carbocycles. The van der Waals surface area contributed by atoms with Crippen LogP contribution in [-0.4, -0.2) is 29.2 Å². The van der Waals surface area contributed by atoms with Gasteiger partial charge in [-0.05, 0) is 38.2 Å². The molecule has 1 aliphatic rings. The van der Waals surface area contributed by atoms with E-state index in [-0.39, 0.29) is 0 Å². The van der Waals surface area contributed by atoms with Crippen LogP contribution < -0.4 is 10.6 Å². The van der Waals surface area contributed by atoms with Crippen molar-refractivity contribution in [2.45, 2.75) is 38.1 Å². The van der Waals surface area contributed by atoms with Gasteiger partial charge in [0.25, 0.3) is 0 Å². The van der Waals surface area contributed by atoms with Crippen LogP contribution in [0.4, 0.5) is 4.79 Å². The minimum Gasteiger partial charge on any atom is -0.480 e. The van der Waals surface area contributed by atoms with Crippen molar-refractivity contribution in [3.8, 4) is 0 Å². The lowest BCUT2D eigenvalue weighted by molar-refractivity contribution is -0.148. The number of benzene rings is 1. The number of hydrogen-bond acceptors (Lipinski definition) is 2. The van der Waals surface area contributed by atoms with E-state index in [0.717, 1.165) is 18.4 Å². The van der Waals surface area contributed by atoms with Gasteiger partial charge >= 0.3 is 12.0 Å². The second kappa shape index (κ2) is 5.94. The molecule has 3 N–H and O–H groups in total. The van der Waals surface area contributed by atoms with Gasteiger partial charge in [0.2, 0.25) is 0 Å². The van der Waals surface area contributed by atoms with Gasteiger partial charge in [-0.25, -0.2) is 9.59 Å². The summed E-state index contributed by atoms with van der Waals surface area (Å²) < 4.78 is 0. The predicted molar refractivity (Wildman–Crippen MR) is 75.6 cm³/mol. The fourth-order valence-electron chi connectivity index (χ4n) is 2.37. The van der Waals surface area contributed by atoms with Gasteiger partial charge in [-0.15, -0.1) is 0 Å². The van der Waals surface area contributed by atoms with Crippen molar-refractivity contribution in [3.05, 3.63) is 35.4 Å². The molecule has 5 nitrogen and oxygen atoms in total. The minimum atomic E-state index is -1.05. The van der Waals surface area contributed by atoms with E-state index in [0.29, 0.717) is 19.4 Å². The van der Waals surface area contributed by atoms with Crippen molar-refractivity contribution < 1.29 is 14.7 Å². The number of amides is 2. The minimum absolute atomic E-state index is 0.403. The molecule has 0 radical (unpaired) electrons. The summed E-state index contributed by atoms with van der Waals surface area (Å²) in [7, 11) is 0. The van der Waals surface area contributed by atoms with Crippen molar-refractivity contribution in [3.63, 3.8) is 0 Å². The molecule has 1 aliphatic carbocycles. The summed E-state index contributed by atoms with van der Waals surface area (Å²) in [6, 6.07) is 7.69. The summed E-state index contributed by atoms with van der Waals surface area (Å²) in [5, 5.41) is 14.4. The molecule has 108 valence electrons. The van der Waals surface area contributed by atoms with Gasteiger partial charge < -0.3 is 15.7 Å². The normalized spacial score (nSPS) is 16.1. The zero-order valence-corrected chi connectivity index (χ0v) is 11.6. The summed E-state index contributed by atoms with van der Waals surface area (Å²) in [4.78, 5) is 22.9. The van der Waals surface area contributed by atoms with E-state index in [9.17, 15) is 9.59 Å². The van der Waals surface area contributed by atoms with Crippen LogP contribution in [0.25, 0.3) is 0 Å². The molecule has 0 bridgehead atoms. The van der Waals surface area contributed by atoms with Crippen LogP contribution in [0, 0.1) is 6.92 Å². The highest BCUT2D eigenvalue weighted by Crippen LogP contribution is 2.31. The van der Waals surface area contributed by atoms with Gasteiger partial charge in [0.1, 0.15) is 5.54 Å². The van der Waals surface area contributed by atoms with Gasteiger partial charge in [0.05, 0.1) is 0 Å². The maximum absolute atomic E-state index is 11.7. The van der Waals surface area contributed by atoms with Gasteiger partial charge in [0, 0.05) is 6.54 Å². The summed E-state index contributed by atoms with van der Waals surface area (Å²) in [6.45, 7) is 2.52. The molecule has 0 aliphatic heterocycles. The number of aliphatic carboxylic acids is 1. The van der Waals surface area contributed by atoms with E-state index in [1.54, 1.807) is 0 Å². The lowest BCUT2D eigenvalue weighted by atomic mass is 9.77. The van der Waals surface area contributed by atoms with Crippen LogP contribution in [0.1, 0.15) is 30.4 Å². The molecule has 0 unspecified atom stereocenters. The number of carbonyl (C=O) groups excluding carboxylic acids is 1. The number of hydrogen-bond donors (Lipinski definition) is 3. The highest BCUT2D eigenvalue weighted by Gasteiger charge is 2.45. The SMILES string of the molecule is Cc1cccc(CCNC(=O)NC2(C(=O)O)CCC2)c1. The highest BCUT2D eigenvalue weighted by atomic mass is 16.4. The first-order valence-electron chi connectivity index (χ1n) is 6.87. The Kier molecular flexibility index (Phi) is 4.27. The summed E-state index contributed by atoms with van der Waals surface area (Å²) in [5.74, 6) is -0.947. The van der Waals surface area contributed by atoms with E-state index >= 15 is 0 Å². The maximum atomic E-state index is 11.7. The molecule has 0 heterocycles. The molecule has 1 fully saturated rings. The zero-order chi connectivity index (χ0) is 14.6. The monoisotopic (exact) mass is 276 g/mol. The second-order valence-corrected chi connectivity index (χ2v) is 5.36. The number of nitrogens with one attached hydrogen (secondary N) is 2. The summed E-state index contributed by atoms with van der Waals surface area (Å²) in [5.41, 5.74) is 1.29. The standard InChI is InChI=1S/C15H20N2O3/c1-11-4-2-5-12(10-11)6-9-16-14(20)17-15(13(18)19)7-3-8-15/h2,4-5,10H,3,6-9H2,1H3,(H,18,19)(H2,16,17,20). The third-order valence-corrected chi connectivity index (χ3v) is 3.75. The van der Waals surface area contributed by atoms with Gasteiger partial charge in [-0.1, -0.05) is 29.8 Å². The number of carboxylic acids is 1. The molecule has 2 rings (SSSR count). The second-order valence-electron chi connectivity index (χ2n) is 5.36. The van der Waals surface area contributed by atoms with Gasteiger partial charge in [0.15, 0.2) is 0 Å². The van der Waals surface area contributed by atoms with Crippen LogP contribution in [0.5, 0.6) is 0 Å². The molecule has 0 saturated heterocycles. The predicted octanol–water partition coefficient (Wildman–Crippen LogP) is 1.84. The van der Waals surface area contributed by atoms with Gasteiger partial charge in [-0.3, -0.25) is 0 Å². The molecule has 1 aromatic rings. The summed E-state index contributed by atoms with van der Waals surface area (Å²) in [6.07, 6.45) is 2.59. The topological polar surface area (TPSA) is 78.4 Å². The summed E-state index contributed by atoms with van der Waals surface area (Å²) >= 11 is 0. The Balaban J connectivity index is 1.77. The fraction of sp³-hybridized carbons (Fsp3) is 0.467. The average Bonchev–Trinajstić information content (AvgIpc) is 2.33. The van der Waals surface area contributed by atoms with E-state index in [1.807, 2.05) is 25.1 Å². The molecule has 0 aromatic heterocycles. The molecule has 0 spiro atoms. The molecule has 20 heavy (non-hydrogen) atoms. The molecular weight excluding hydrogens is 256 g/mol. The number of carbonyl (C=O) groups is 2. The van der Waals surface area contributed by atoms with Crippen LogP contribution in [0.15, 0.2) is 24.3 Å². The first-order chi connectivity index (χ1) is 9.52. The molecule has 0 atom stereocenters. The van der Waals surface area contributed by atoms with Crippen LogP contribution in [0.2, 0.25) is 0 Å². The maximum Gasteiger partial charge on any atom is 0.329 e. The highest BCUT2D eigenvalue weighted by molar-refractivity contribution is 5.87. The van der Waals surface area contributed by atoms with Gasteiger partial charge in [-0.2, -0.15) is 0 Å². The Morgan fingerprint density at radius 2 is 2.10 bits per heavy atom. The third kappa shape index (κ3) is 3.29. The number of urea groups is 1. The number of rotatable bonds is 5. The van der Waals surface area contributed by atoms with Crippen molar-refractivity contribution in [1.82, 2.24) is 10.6 Å². The number of carboxylic acid groups (broad SMARTS) is 1. The van der Waals surface area contributed by atoms with Crippen molar-refractivity contribution in [2.75, 3.05) is 6.54 Å². The third-order valence-electron chi connectivity index (χ3n) is 3.75. The fourth-order valence-corrected chi connectivity index (χ4v) is 2.37. The first kappa shape index (κ1) is 14.4.